The van der Waals surface area contributed by atoms with Crippen LogP contribution in [0.4, 0.5) is 5.69 Å². The summed E-state index contributed by atoms with van der Waals surface area (Å²) in [6, 6.07) is 11.0. The van der Waals surface area contributed by atoms with Crippen molar-refractivity contribution in [1.82, 2.24) is 5.32 Å². The molecule has 3 heteroatoms. The first-order valence-corrected chi connectivity index (χ1v) is 6.21. The summed E-state index contributed by atoms with van der Waals surface area (Å²) < 4.78 is 0. The van der Waals surface area contributed by atoms with Gasteiger partial charge in [0.25, 0.3) is 0 Å². The van der Waals surface area contributed by atoms with Crippen molar-refractivity contribution in [2.24, 2.45) is 0 Å². The van der Waals surface area contributed by atoms with Crippen molar-refractivity contribution < 1.29 is 0 Å². The number of benzene rings is 1. The van der Waals surface area contributed by atoms with E-state index in [-0.39, 0.29) is 0 Å². The maximum absolute atomic E-state index is 3.51. The van der Waals surface area contributed by atoms with Crippen LogP contribution in [0.3, 0.4) is 0 Å². The molecule has 1 saturated heterocycles. The maximum atomic E-state index is 3.51. The van der Waals surface area contributed by atoms with E-state index in [0.717, 1.165) is 13.1 Å². The molecule has 0 saturated carbocycles. The zero-order valence-electron chi connectivity index (χ0n) is 8.20. The molecule has 1 aliphatic rings. The molecule has 2 N–H and O–H groups in total. The molecule has 0 bridgehead atoms. The van der Waals surface area contributed by atoms with Crippen LogP contribution >= 0.6 is 11.8 Å². The quantitative estimate of drug-likeness (QED) is 0.792. The van der Waals surface area contributed by atoms with Crippen molar-refractivity contribution in [3.63, 3.8) is 0 Å². The molecule has 0 aromatic heterocycles. The summed E-state index contributed by atoms with van der Waals surface area (Å²) in [7, 11) is 0. The second-order valence-corrected chi connectivity index (χ2v) is 4.62. The molecule has 2 rings (SSSR count). The molecule has 76 valence electrons. The van der Waals surface area contributed by atoms with Crippen molar-refractivity contribution in [3.8, 4) is 0 Å². The second kappa shape index (κ2) is 5.27. The highest BCUT2D eigenvalue weighted by molar-refractivity contribution is 7.99. The van der Waals surface area contributed by atoms with Gasteiger partial charge in [-0.25, -0.2) is 0 Å². The number of para-hydroxylation sites is 1. The van der Waals surface area contributed by atoms with Crippen molar-refractivity contribution in [2.45, 2.75) is 6.04 Å². The lowest BCUT2D eigenvalue weighted by molar-refractivity contribution is 0.587. The van der Waals surface area contributed by atoms with Gasteiger partial charge in [0.15, 0.2) is 0 Å². The summed E-state index contributed by atoms with van der Waals surface area (Å²) in [5, 5.41) is 6.94. The van der Waals surface area contributed by atoms with E-state index in [9.17, 15) is 0 Å². The van der Waals surface area contributed by atoms with Gasteiger partial charge in [0.2, 0.25) is 0 Å². The number of rotatable bonds is 3. The Morgan fingerprint density at radius 3 is 2.93 bits per heavy atom. The summed E-state index contributed by atoms with van der Waals surface area (Å²) in [6.07, 6.45) is 0. The molecule has 1 aliphatic heterocycles. The lowest BCUT2D eigenvalue weighted by Crippen LogP contribution is -2.42. The Morgan fingerprint density at radius 1 is 1.36 bits per heavy atom. The highest BCUT2D eigenvalue weighted by Gasteiger charge is 2.11. The average molecular weight is 208 g/mol. The van der Waals surface area contributed by atoms with Crippen LogP contribution in [0.2, 0.25) is 0 Å². The highest BCUT2D eigenvalue weighted by Crippen LogP contribution is 2.09. The predicted octanol–water partition coefficient (Wildman–Crippen LogP) is 1.80. The molecule has 1 atom stereocenters. The molecule has 0 aliphatic carbocycles. The molecular weight excluding hydrogens is 192 g/mol. The van der Waals surface area contributed by atoms with E-state index in [1.807, 2.05) is 17.8 Å². The van der Waals surface area contributed by atoms with Gasteiger partial charge in [0.1, 0.15) is 0 Å². The summed E-state index contributed by atoms with van der Waals surface area (Å²) >= 11 is 2.04. The maximum Gasteiger partial charge on any atom is 0.0340 e. The Bertz CT molecular complexity index is 257. The minimum absolute atomic E-state index is 0.619. The summed E-state index contributed by atoms with van der Waals surface area (Å²) in [5.74, 6) is 2.47. The molecule has 1 heterocycles. The topological polar surface area (TPSA) is 24.1 Å². The number of hydrogen-bond donors (Lipinski definition) is 2. The predicted molar refractivity (Wildman–Crippen MR) is 64.0 cm³/mol. The Morgan fingerprint density at radius 2 is 2.21 bits per heavy atom. The fraction of sp³-hybridized carbons (Fsp3) is 0.455. The third-order valence-electron chi connectivity index (χ3n) is 2.32. The van der Waals surface area contributed by atoms with Crippen molar-refractivity contribution in [2.75, 3.05) is 29.9 Å². The van der Waals surface area contributed by atoms with Crippen LogP contribution in [0.15, 0.2) is 30.3 Å². The van der Waals surface area contributed by atoms with E-state index in [1.165, 1.54) is 17.2 Å². The summed E-state index contributed by atoms with van der Waals surface area (Å²) in [5.41, 5.74) is 1.21. The Balaban J connectivity index is 1.76. The Kier molecular flexibility index (Phi) is 3.72. The van der Waals surface area contributed by atoms with Crippen LogP contribution in [0.5, 0.6) is 0 Å². The fourth-order valence-electron chi connectivity index (χ4n) is 1.55. The van der Waals surface area contributed by atoms with Crippen LogP contribution in [-0.4, -0.2) is 30.6 Å². The average Bonchev–Trinajstić information content (AvgIpc) is 2.29. The van der Waals surface area contributed by atoms with Gasteiger partial charge in [-0.15, -0.1) is 0 Å². The normalized spacial score (nSPS) is 21.9. The van der Waals surface area contributed by atoms with Gasteiger partial charge in [0.05, 0.1) is 0 Å². The SMILES string of the molecule is c1ccc(NCC2CSCCN2)cc1. The molecule has 1 fully saturated rings. The van der Waals surface area contributed by atoms with E-state index >= 15 is 0 Å². The second-order valence-electron chi connectivity index (χ2n) is 3.47. The van der Waals surface area contributed by atoms with Gasteiger partial charge < -0.3 is 10.6 Å². The zero-order chi connectivity index (χ0) is 9.64. The molecule has 1 unspecified atom stereocenters. The van der Waals surface area contributed by atoms with Gasteiger partial charge in [-0.1, -0.05) is 18.2 Å². The van der Waals surface area contributed by atoms with Crippen LogP contribution in [0.1, 0.15) is 0 Å². The number of hydrogen-bond acceptors (Lipinski definition) is 3. The van der Waals surface area contributed by atoms with Gasteiger partial charge in [0, 0.05) is 36.3 Å². The van der Waals surface area contributed by atoms with Gasteiger partial charge in [-0.2, -0.15) is 11.8 Å². The largest absolute Gasteiger partial charge is 0.383 e. The van der Waals surface area contributed by atoms with Crippen molar-refractivity contribution >= 4 is 17.4 Å². The monoisotopic (exact) mass is 208 g/mol. The molecule has 0 amide bonds. The van der Waals surface area contributed by atoms with Crippen LogP contribution in [0.25, 0.3) is 0 Å². The van der Waals surface area contributed by atoms with E-state index in [4.69, 9.17) is 0 Å². The molecule has 0 spiro atoms. The standard InChI is InChI=1S/C11H16N2S/c1-2-4-10(5-3-1)13-8-11-9-14-7-6-12-11/h1-5,11-13H,6-9H2. The molecule has 14 heavy (non-hydrogen) atoms. The molecule has 1 aromatic rings. The van der Waals surface area contributed by atoms with E-state index in [1.54, 1.807) is 0 Å². The van der Waals surface area contributed by atoms with Gasteiger partial charge in [-0.3, -0.25) is 0 Å². The third-order valence-corrected chi connectivity index (χ3v) is 3.46. The number of nitrogens with one attached hydrogen (secondary N) is 2. The van der Waals surface area contributed by atoms with E-state index < -0.39 is 0 Å². The van der Waals surface area contributed by atoms with E-state index in [2.05, 4.69) is 34.9 Å². The summed E-state index contributed by atoms with van der Waals surface area (Å²) in [4.78, 5) is 0. The molecule has 2 nitrogen and oxygen atoms in total. The van der Waals surface area contributed by atoms with Gasteiger partial charge in [-0.05, 0) is 12.1 Å². The smallest absolute Gasteiger partial charge is 0.0340 e. The number of anilines is 1. The Hall–Kier alpha value is -0.670. The zero-order valence-corrected chi connectivity index (χ0v) is 9.02. The first kappa shape index (κ1) is 9.87. The van der Waals surface area contributed by atoms with Gasteiger partial charge >= 0.3 is 0 Å². The highest BCUT2D eigenvalue weighted by atomic mass is 32.2. The minimum Gasteiger partial charge on any atom is -0.383 e. The third kappa shape index (κ3) is 2.93. The molecule has 1 aromatic carbocycles. The minimum atomic E-state index is 0.619. The number of thioether (sulfide) groups is 1. The Labute approximate surface area is 89.5 Å². The lowest BCUT2D eigenvalue weighted by Gasteiger charge is -2.23. The first-order valence-electron chi connectivity index (χ1n) is 5.05. The van der Waals surface area contributed by atoms with Crippen LogP contribution < -0.4 is 10.6 Å². The molecule has 0 radical (unpaired) electrons. The van der Waals surface area contributed by atoms with Crippen LogP contribution in [-0.2, 0) is 0 Å². The lowest BCUT2D eigenvalue weighted by atomic mass is 10.3. The van der Waals surface area contributed by atoms with Crippen molar-refractivity contribution in [1.29, 1.82) is 0 Å². The molecular formula is C11H16N2S. The fourth-order valence-corrected chi connectivity index (χ4v) is 2.50. The first-order chi connectivity index (χ1) is 6.95. The van der Waals surface area contributed by atoms with Crippen LogP contribution in [0, 0.1) is 0 Å². The van der Waals surface area contributed by atoms with Crippen molar-refractivity contribution in [3.05, 3.63) is 30.3 Å². The van der Waals surface area contributed by atoms with E-state index in [0.29, 0.717) is 6.04 Å². The summed E-state index contributed by atoms with van der Waals surface area (Å²) in [6.45, 7) is 2.17.